The zero-order valence-electron chi connectivity index (χ0n) is 12.0. The largest absolute Gasteiger partial charge is 0.496 e. The third-order valence-corrected chi connectivity index (χ3v) is 4.31. The summed E-state index contributed by atoms with van der Waals surface area (Å²) in [5, 5.41) is 9.18. The van der Waals surface area contributed by atoms with E-state index in [0.717, 1.165) is 0 Å². The van der Waals surface area contributed by atoms with E-state index < -0.39 is 11.9 Å². The zero-order chi connectivity index (χ0) is 15.6. The fourth-order valence-electron chi connectivity index (χ4n) is 2.68. The fourth-order valence-corrected chi connectivity index (χ4v) is 3.22. The molecule has 21 heavy (non-hydrogen) atoms. The van der Waals surface area contributed by atoms with Crippen LogP contribution in [0.2, 0.25) is 0 Å². The molecule has 1 heterocycles. The Morgan fingerprint density at radius 2 is 2.10 bits per heavy atom. The van der Waals surface area contributed by atoms with Crippen LogP contribution in [0, 0.1) is 11.8 Å². The molecule has 0 bridgehead atoms. The van der Waals surface area contributed by atoms with Crippen LogP contribution in [-0.4, -0.2) is 42.1 Å². The zero-order valence-corrected chi connectivity index (χ0v) is 13.6. The van der Waals surface area contributed by atoms with Gasteiger partial charge in [0.2, 0.25) is 0 Å². The Bertz CT molecular complexity index is 561. The van der Waals surface area contributed by atoms with Crippen molar-refractivity contribution in [2.45, 2.75) is 13.3 Å². The molecule has 2 rings (SSSR count). The summed E-state index contributed by atoms with van der Waals surface area (Å²) in [6, 6.07) is 5.12. The van der Waals surface area contributed by atoms with Crippen LogP contribution in [0.25, 0.3) is 0 Å². The van der Waals surface area contributed by atoms with Crippen LogP contribution in [0.3, 0.4) is 0 Å². The van der Waals surface area contributed by atoms with Crippen LogP contribution in [-0.2, 0) is 4.79 Å². The first kappa shape index (κ1) is 15.8. The first-order valence-electron chi connectivity index (χ1n) is 6.78. The van der Waals surface area contributed by atoms with Gasteiger partial charge in [-0.1, -0.05) is 6.92 Å². The quantitative estimate of drug-likeness (QED) is 0.904. The number of carboxylic acids is 1. The second kappa shape index (κ2) is 6.47. The molecule has 1 fully saturated rings. The molecule has 1 aromatic rings. The molecule has 0 spiro atoms. The van der Waals surface area contributed by atoms with E-state index in [1.165, 1.54) is 0 Å². The minimum Gasteiger partial charge on any atom is -0.496 e. The molecular formula is C15H18BrNO4. The van der Waals surface area contributed by atoms with Gasteiger partial charge >= 0.3 is 5.97 Å². The molecular weight excluding hydrogens is 338 g/mol. The van der Waals surface area contributed by atoms with Crippen LogP contribution in [0.5, 0.6) is 5.75 Å². The molecule has 114 valence electrons. The number of piperidine rings is 1. The van der Waals surface area contributed by atoms with E-state index in [0.29, 0.717) is 28.8 Å². The van der Waals surface area contributed by atoms with Crippen LogP contribution < -0.4 is 4.74 Å². The van der Waals surface area contributed by atoms with Gasteiger partial charge in [0.15, 0.2) is 0 Å². The van der Waals surface area contributed by atoms with Gasteiger partial charge in [-0.15, -0.1) is 0 Å². The number of carbonyl (C=O) groups excluding carboxylic acids is 1. The summed E-state index contributed by atoms with van der Waals surface area (Å²) in [5.41, 5.74) is 0.529. The lowest BCUT2D eigenvalue weighted by Crippen LogP contribution is -2.45. The highest BCUT2D eigenvalue weighted by molar-refractivity contribution is 9.10. The van der Waals surface area contributed by atoms with E-state index in [1.54, 1.807) is 30.2 Å². The summed E-state index contributed by atoms with van der Waals surface area (Å²) < 4.78 is 5.85. The van der Waals surface area contributed by atoms with Gasteiger partial charge in [-0.2, -0.15) is 0 Å². The molecule has 1 aromatic carbocycles. The molecule has 6 heteroatoms. The molecule has 1 aliphatic heterocycles. The van der Waals surface area contributed by atoms with Crippen molar-refractivity contribution < 1.29 is 19.4 Å². The van der Waals surface area contributed by atoms with Gasteiger partial charge < -0.3 is 14.7 Å². The van der Waals surface area contributed by atoms with Crippen LogP contribution in [0.4, 0.5) is 0 Å². The molecule has 0 saturated carbocycles. The Morgan fingerprint density at radius 1 is 1.38 bits per heavy atom. The van der Waals surface area contributed by atoms with Crippen molar-refractivity contribution in [2.75, 3.05) is 20.2 Å². The molecule has 1 aliphatic rings. The normalized spacial score (nSPS) is 22.0. The van der Waals surface area contributed by atoms with Gasteiger partial charge in [0.05, 0.1) is 17.5 Å². The molecule has 0 aromatic heterocycles. The molecule has 0 aliphatic carbocycles. The number of rotatable bonds is 3. The summed E-state index contributed by atoms with van der Waals surface area (Å²) in [5.74, 6) is -0.627. The third-order valence-electron chi connectivity index (χ3n) is 3.69. The Morgan fingerprint density at radius 3 is 2.67 bits per heavy atom. The lowest BCUT2D eigenvalue weighted by Gasteiger charge is -2.34. The van der Waals surface area contributed by atoms with E-state index in [-0.39, 0.29) is 18.4 Å². The molecule has 1 saturated heterocycles. The Kier molecular flexibility index (Phi) is 4.88. The number of carboxylic acid groups (broad SMARTS) is 1. The number of aliphatic carboxylic acids is 1. The average molecular weight is 356 g/mol. The number of amides is 1. The number of halogens is 1. The van der Waals surface area contributed by atoms with Gasteiger partial charge in [0.1, 0.15) is 5.75 Å². The fraction of sp³-hybridized carbons (Fsp3) is 0.467. The molecule has 2 atom stereocenters. The highest BCUT2D eigenvalue weighted by Crippen LogP contribution is 2.28. The predicted molar refractivity (Wildman–Crippen MR) is 81.5 cm³/mol. The van der Waals surface area contributed by atoms with E-state index in [2.05, 4.69) is 15.9 Å². The lowest BCUT2D eigenvalue weighted by atomic mass is 9.90. The number of nitrogens with zero attached hydrogens (tertiary/aromatic N) is 1. The van der Waals surface area contributed by atoms with Crippen molar-refractivity contribution in [1.29, 1.82) is 0 Å². The summed E-state index contributed by atoms with van der Waals surface area (Å²) in [6.07, 6.45) is 0.616. The van der Waals surface area contributed by atoms with Crippen molar-refractivity contribution >= 4 is 27.8 Å². The number of hydrogen-bond donors (Lipinski definition) is 1. The topological polar surface area (TPSA) is 66.8 Å². The smallest absolute Gasteiger partial charge is 0.308 e. The number of ether oxygens (including phenoxy) is 1. The van der Waals surface area contributed by atoms with E-state index in [9.17, 15) is 14.7 Å². The van der Waals surface area contributed by atoms with Crippen LogP contribution in [0.15, 0.2) is 22.7 Å². The molecule has 1 N–H and O–H groups in total. The number of benzene rings is 1. The standard InChI is InChI=1S/C15H18BrNO4/c1-9-5-11(15(19)20)8-17(7-9)14(18)10-3-4-13(21-2)12(16)6-10/h3-4,6,9,11H,5,7-8H2,1-2H3,(H,19,20). The first-order chi connectivity index (χ1) is 9.92. The van der Waals surface area contributed by atoms with Crippen LogP contribution in [0.1, 0.15) is 23.7 Å². The van der Waals surface area contributed by atoms with Crippen LogP contribution >= 0.6 is 15.9 Å². The summed E-state index contributed by atoms with van der Waals surface area (Å²) in [7, 11) is 1.56. The summed E-state index contributed by atoms with van der Waals surface area (Å²) >= 11 is 3.36. The Hall–Kier alpha value is -1.56. The molecule has 2 unspecified atom stereocenters. The van der Waals surface area contributed by atoms with E-state index in [4.69, 9.17) is 4.74 Å². The van der Waals surface area contributed by atoms with Gasteiger partial charge in [-0.3, -0.25) is 9.59 Å². The number of hydrogen-bond acceptors (Lipinski definition) is 3. The minimum absolute atomic E-state index is 0.142. The van der Waals surface area contributed by atoms with Gasteiger partial charge in [-0.05, 0) is 46.5 Å². The maximum atomic E-state index is 12.5. The summed E-state index contributed by atoms with van der Waals surface area (Å²) in [4.78, 5) is 25.3. The first-order valence-corrected chi connectivity index (χ1v) is 7.57. The monoisotopic (exact) mass is 355 g/mol. The van der Waals surface area contributed by atoms with E-state index >= 15 is 0 Å². The maximum Gasteiger partial charge on any atom is 0.308 e. The SMILES string of the molecule is COc1ccc(C(=O)N2CC(C)CC(C(=O)O)C2)cc1Br. The molecule has 5 nitrogen and oxygen atoms in total. The molecule has 1 amide bonds. The molecule has 0 radical (unpaired) electrons. The van der Waals surface area contributed by atoms with Gasteiger partial charge in [0, 0.05) is 18.7 Å². The average Bonchev–Trinajstić information content (AvgIpc) is 2.45. The van der Waals surface area contributed by atoms with Crippen molar-refractivity contribution in [3.63, 3.8) is 0 Å². The van der Waals surface area contributed by atoms with E-state index in [1.807, 2.05) is 6.92 Å². The highest BCUT2D eigenvalue weighted by Gasteiger charge is 2.32. The second-order valence-electron chi connectivity index (χ2n) is 5.44. The maximum absolute atomic E-state index is 12.5. The Labute approximate surface area is 132 Å². The predicted octanol–water partition coefficient (Wildman–Crippen LogP) is 2.64. The second-order valence-corrected chi connectivity index (χ2v) is 6.29. The Balaban J connectivity index is 2.18. The highest BCUT2D eigenvalue weighted by atomic mass is 79.9. The van der Waals surface area contributed by atoms with Crippen molar-refractivity contribution in [2.24, 2.45) is 11.8 Å². The summed E-state index contributed by atoms with van der Waals surface area (Å²) in [6.45, 7) is 2.83. The number of methoxy groups -OCH3 is 1. The lowest BCUT2D eigenvalue weighted by molar-refractivity contribution is -0.143. The van der Waals surface area contributed by atoms with Crippen molar-refractivity contribution in [1.82, 2.24) is 4.90 Å². The van der Waals surface area contributed by atoms with Crippen molar-refractivity contribution in [3.8, 4) is 5.75 Å². The number of carbonyl (C=O) groups is 2. The number of likely N-dealkylation sites (tertiary alicyclic amines) is 1. The van der Waals surface area contributed by atoms with Gasteiger partial charge in [0.25, 0.3) is 5.91 Å². The van der Waals surface area contributed by atoms with Gasteiger partial charge in [-0.25, -0.2) is 0 Å². The van der Waals surface area contributed by atoms with Crippen molar-refractivity contribution in [3.05, 3.63) is 28.2 Å². The minimum atomic E-state index is -0.838. The third kappa shape index (κ3) is 3.56.